The van der Waals surface area contributed by atoms with Crippen molar-refractivity contribution in [1.29, 1.82) is 0 Å². The second kappa shape index (κ2) is 5.33. The quantitative estimate of drug-likeness (QED) is 0.731. The lowest BCUT2D eigenvalue weighted by Gasteiger charge is -2.25. The Bertz CT molecular complexity index is 267. The Labute approximate surface area is 90.8 Å². The van der Waals surface area contributed by atoms with Crippen LogP contribution in [-0.2, 0) is 4.74 Å². The maximum atomic E-state index is 5.65. The molecule has 0 aromatic carbocycles. The summed E-state index contributed by atoms with van der Waals surface area (Å²) < 4.78 is 11.0. The fourth-order valence-electron chi connectivity index (χ4n) is 1.68. The van der Waals surface area contributed by atoms with E-state index in [1.54, 1.807) is 6.26 Å². The third kappa shape index (κ3) is 3.08. The predicted octanol–water partition coefficient (Wildman–Crippen LogP) is 2.50. The second-order valence-corrected chi connectivity index (χ2v) is 4.11. The first-order chi connectivity index (χ1) is 7.36. The Morgan fingerprint density at radius 2 is 2.47 bits per heavy atom. The first-order valence-corrected chi connectivity index (χ1v) is 5.74. The Morgan fingerprint density at radius 1 is 1.60 bits per heavy atom. The summed E-state index contributed by atoms with van der Waals surface area (Å²) in [5.74, 6) is 0.985. The van der Waals surface area contributed by atoms with Gasteiger partial charge in [-0.2, -0.15) is 0 Å². The van der Waals surface area contributed by atoms with E-state index in [2.05, 4.69) is 12.2 Å². The zero-order valence-electron chi connectivity index (χ0n) is 9.24. The zero-order chi connectivity index (χ0) is 10.5. The third-order valence-electron chi connectivity index (χ3n) is 2.93. The summed E-state index contributed by atoms with van der Waals surface area (Å²) in [5.41, 5.74) is 0. The van der Waals surface area contributed by atoms with Crippen LogP contribution in [0.3, 0.4) is 0 Å². The van der Waals surface area contributed by atoms with E-state index in [4.69, 9.17) is 9.15 Å². The molecular weight excluding hydrogens is 190 g/mol. The highest BCUT2D eigenvalue weighted by molar-refractivity contribution is 5.02. The van der Waals surface area contributed by atoms with Gasteiger partial charge in [0.05, 0.1) is 25.0 Å². The fourth-order valence-corrected chi connectivity index (χ4v) is 1.68. The van der Waals surface area contributed by atoms with Crippen LogP contribution < -0.4 is 5.32 Å². The summed E-state index contributed by atoms with van der Waals surface area (Å²) in [6.07, 6.45) is 6.06. The number of hydrogen-bond acceptors (Lipinski definition) is 3. The lowest BCUT2D eigenvalue weighted by atomic mass is 9.96. The summed E-state index contributed by atoms with van der Waals surface area (Å²) in [7, 11) is 0. The molecule has 1 N–H and O–H groups in total. The molecule has 15 heavy (non-hydrogen) atoms. The molecular formula is C12H19NO2. The lowest BCUT2D eigenvalue weighted by Crippen LogP contribution is -2.28. The molecule has 84 valence electrons. The molecule has 1 saturated carbocycles. The van der Waals surface area contributed by atoms with Crippen LogP contribution >= 0.6 is 0 Å². The molecule has 0 saturated heterocycles. The highest BCUT2D eigenvalue weighted by Crippen LogP contribution is 2.21. The highest BCUT2D eigenvalue weighted by atomic mass is 16.5. The average Bonchev–Trinajstić information content (AvgIpc) is 2.67. The molecule has 2 rings (SSSR count). The minimum absolute atomic E-state index is 0.269. The standard InChI is InChI=1S/C12H19NO2/c1-10(12-6-3-8-15-12)13-7-9-14-11-4-2-5-11/h3,6,8,10-11,13H,2,4-5,7,9H2,1H3. The zero-order valence-corrected chi connectivity index (χ0v) is 9.24. The second-order valence-electron chi connectivity index (χ2n) is 4.11. The van der Waals surface area contributed by atoms with Crippen molar-refractivity contribution in [3.63, 3.8) is 0 Å². The van der Waals surface area contributed by atoms with Crippen LogP contribution in [0.1, 0.15) is 38.0 Å². The molecule has 1 heterocycles. The Balaban J connectivity index is 1.57. The summed E-state index contributed by atoms with van der Waals surface area (Å²) in [4.78, 5) is 0. The number of ether oxygens (including phenoxy) is 1. The van der Waals surface area contributed by atoms with E-state index in [1.165, 1.54) is 19.3 Å². The molecule has 0 amide bonds. The van der Waals surface area contributed by atoms with Crippen LogP contribution in [0.2, 0.25) is 0 Å². The van der Waals surface area contributed by atoms with Crippen molar-refractivity contribution in [2.75, 3.05) is 13.2 Å². The minimum atomic E-state index is 0.269. The summed E-state index contributed by atoms with van der Waals surface area (Å²) in [6, 6.07) is 4.17. The Hall–Kier alpha value is -0.800. The molecule has 3 heteroatoms. The van der Waals surface area contributed by atoms with Gasteiger partial charge < -0.3 is 14.5 Å². The summed E-state index contributed by atoms with van der Waals surface area (Å²) >= 11 is 0. The average molecular weight is 209 g/mol. The summed E-state index contributed by atoms with van der Waals surface area (Å²) in [5, 5.41) is 3.37. The smallest absolute Gasteiger partial charge is 0.120 e. The van der Waals surface area contributed by atoms with Gasteiger partial charge in [0.1, 0.15) is 5.76 Å². The minimum Gasteiger partial charge on any atom is -0.468 e. The van der Waals surface area contributed by atoms with E-state index >= 15 is 0 Å². The van der Waals surface area contributed by atoms with Crippen molar-refractivity contribution in [3.05, 3.63) is 24.2 Å². The largest absolute Gasteiger partial charge is 0.468 e. The Morgan fingerprint density at radius 3 is 3.07 bits per heavy atom. The lowest BCUT2D eigenvalue weighted by molar-refractivity contribution is 0.00348. The molecule has 0 aliphatic heterocycles. The monoisotopic (exact) mass is 209 g/mol. The van der Waals surface area contributed by atoms with Crippen molar-refractivity contribution in [2.45, 2.75) is 38.3 Å². The normalized spacial score (nSPS) is 18.7. The van der Waals surface area contributed by atoms with Crippen molar-refractivity contribution < 1.29 is 9.15 Å². The van der Waals surface area contributed by atoms with E-state index in [-0.39, 0.29) is 6.04 Å². The molecule has 0 bridgehead atoms. The van der Waals surface area contributed by atoms with Gasteiger partial charge in [-0.15, -0.1) is 0 Å². The molecule has 0 radical (unpaired) electrons. The van der Waals surface area contributed by atoms with Crippen LogP contribution in [0.5, 0.6) is 0 Å². The van der Waals surface area contributed by atoms with Crippen LogP contribution in [0.15, 0.2) is 22.8 Å². The number of rotatable bonds is 6. The van der Waals surface area contributed by atoms with Gasteiger partial charge in [0.25, 0.3) is 0 Å². The van der Waals surface area contributed by atoms with E-state index in [0.29, 0.717) is 6.10 Å². The topological polar surface area (TPSA) is 34.4 Å². The molecule has 1 unspecified atom stereocenters. The molecule has 1 aliphatic carbocycles. The van der Waals surface area contributed by atoms with Crippen LogP contribution in [0.4, 0.5) is 0 Å². The number of nitrogens with one attached hydrogen (secondary N) is 1. The van der Waals surface area contributed by atoms with Crippen molar-refractivity contribution in [3.8, 4) is 0 Å². The van der Waals surface area contributed by atoms with Gasteiger partial charge >= 0.3 is 0 Å². The SMILES string of the molecule is CC(NCCOC1CCC1)c1ccco1. The molecule has 1 aliphatic rings. The number of hydrogen-bond donors (Lipinski definition) is 1. The van der Waals surface area contributed by atoms with Crippen LogP contribution in [0.25, 0.3) is 0 Å². The highest BCUT2D eigenvalue weighted by Gasteiger charge is 2.17. The van der Waals surface area contributed by atoms with Crippen molar-refractivity contribution in [2.24, 2.45) is 0 Å². The maximum Gasteiger partial charge on any atom is 0.120 e. The van der Waals surface area contributed by atoms with Crippen LogP contribution in [-0.4, -0.2) is 19.3 Å². The van der Waals surface area contributed by atoms with Crippen molar-refractivity contribution in [1.82, 2.24) is 5.32 Å². The number of furan rings is 1. The molecule has 1 aromatic heterocycles. The molecule has 1 fully saturated rings. The van der Waals surface area contributed by atoms with Gasteiger partial charge in [0, 0.05) is 6.54 Å². The van der Waals surface area contributed by atoms with E-state index in [0.717, 1.165) is 18.9 Å². The van der Waals surface area contributed by atoms with Gasteiger partial charge in [0.15, 0.2) is 0 Å². The first-order valence-electron chi connectivity index (χ1n) is 5.74. The molecule has 0 spiro atoms. The van der Waals surface area contributed by atoms with E-state index in [9.17, 15) is 0 Å². The van der Waals surface area contributed by atoms with Crippen LogP contribution in [0, 0.1) is 0 Å². The molecule has 1 atom stereocenters. The van der Waals surface area contributed by atoms with Gasteiger partial charge in [-0.25, -0.2) is 0 Å². The Kier molecular flexibility index (Phi) is 3.80. The molecule has 1 aromatic rings. The molecule has 3 nitrogen and oxygen atoms in total. The third-order valence-corrected chi connectivity index (χ3v) is 2.93. The van der Waals surface area contributed by atoms with E-state index in [1.807, 2.05) is 12.1 Å². The van der Waals surface area contributed by atoms with Gasteiger partial charge in [-0.3, -0.25) is 0 Å². The summed E-state index contributed by atoms with van der Waals surface area (Å²) in [6.45, 7) is 3.79. The van der Waals surface area contributed by atoms with Gasteiger partial charge in [-0.05, 0) is 38.3 Å². The van der Waals surface area contributed by atoms with Gasteiger partial charge in [-0.1, -0.05) is 0 Å². The van der Waals surface area contributed by atoms with Gasteiger partial charge in [0.2, 0.25) is 0 Å². The van der Waals surface area contributed by atoms with Crippen molar-refractivity contribution >= 4 is 0 Å². The fraction of sp³-hybridized carbons (Fsp3) is 0.667. The van der Waals surface area contributed by atoms with E-state index < -0.39 is 0 Å². The maximum absolute atomic E-state index is 5.65. The predicted molar refractivity (Wildman–Crippen MR) is 58.7 cm³/mol. The first kappa shape index (κ1) is 10.7.